The van der Waals surface area contributed by atoms with Gasteiger partial charge in [-0.1, -0.05) is 64.3 Å². The van der Waals surface area contributed by atoms with Gasteiger partial charge in [0.2, 0.25) is 0 Å². The van der Waals surface area contributed by atoms with Crippen molar-refractivity contribution in [3.63, 3.8) is 0 Å². The van der Waals surface area contributed by atoms with Gasteiger partial charge in [0.1, 0.15) is 0 Å². The van der Waals surface area contributed by atoms with Crippen LogP contribution in [0.5, 0.6) is 0 Å². The van der Waals surface area contributed by atoms with Crippen molar-refractivity contribution in [3.05, 3.63) is 35.4 Å². The molecule has 1 heterocycles. The van der Waals surface area contributed by atoms with Crippen LogP contribution < -0.4 is 18.9 Å². The molecule has 1 aliphatic rings. The van der Waals surface area contributed by atoms with Crippen LogP contribution in [0.3, 0.4) is 0 Å². The van der Waals surface area contributed by atoms with Crippen LogP contribution in [-0.4, -0.2) is 24.5 Å². The molecule has 1 aliphatic heterocycles. The molecule has 0 aromatic heterocycles. The number of likely N-dealkylation sites (tertiary alicyclic amines) is 1. The first-order chi connectivity index (χ1) is 10.2. The molecule has 2 rings (SSSR count). The fraction of sp³-hybridized carbons (Fsp3) is 0.700. The minimum atomic E-state index is 0. The molecule has 0 radical (unpaired) electrons. The van der Waals surface area contributed by atoms with E-state index in [0.717, 1.165) is 0 Å². The largest absolute Gasteiger partial charge is 1.00 e. The normalized spacial score (nSPS) is 18.0. The van der Waals surface area contributed by atoms with Crippen LogP contribution in [0.1, 0.15) is 82.3 Å². The zero-order valence-electron chi connectivity index (χ0n) is 15.3. The summed E-state index contributed by atoms with van der Waals surface area (Å²) in [6.07, 6.45) is 8.17. The minimum absolute atomic E-state index is 0. The minimum Gasteiger partial charge on any atom is -0.303 e. The van der Waals surface area contributed by atoms with Gasteiger partial charge in [0.15, 0.2) is 0 Å². The molecule has 0 amide bonds. The Labute approximate surface area is 150 Å². The quantitative estimate of drug-likeness (QED) is 0.526. The van der Waals surface area contributed by atoms with Crippen LogP contribution in [0.25, 0.3) is 0 Å². The topological polar surface area (TPSA) is 3.24 Å². The van der Waals surface area contributed by atoms with Crippen molar-refractivity contribution >= 4 is 0 Å². The molecule has 1 nitrogen and oxygen atoms in total. The third kappa shape index (κ3) is 6.11. The van der Waals surface area contributed by atoms with Crippen LogP contribution in [-0.2, 0) is 0 Å². The molecule has 2 heteroatoms. The molecule has 22 heavy (non-hydrogen) atoms. The summed E-state index contributed by atoms with van der Waals surface area (Å²) in [5.74, 6) is 1.36. The fourth-order valence-electron chi connectivity index (χ4n) is 3.50. The molecule has 118 valence electrons. The summed E-state index contributed by atoms with van der Waals surface area (Å²) in [6.45, 7) is 10.9. The van der Waals surface area contributed by atoms with Crippen LogP contribution in [0.15, 0.2) is 24.3 Å². The van der Waals surface area contributed by atoms with E-state index in [1.807, 2.05) is 0 Å². The van der Waals surface area contributed by atoms with E-state index in [-0.39, 0.29) is 18.9 Å². The Morgan fingerprint density at radius 3 is 2.27 bits per heavy atom. The summed E-state index contributed by atoms with van der Waals surface area (Å²) in [5.41, 5.74) is 3.07. The van der Waals surface area contributed by atoms with Crippen molar-refractivity contribution in [1.82, 2.24) is 4.90 Å². The van der Waals surface area contributed by atoms with Crippen LogP contribution in [0.2, 0.25) is 0 Å². The molecule has 1 saturated heterocycles. The second-order valence-corrected chi connectivity index (χ2v) is 6.98. The van der Waals surface area contributed by atoms with Gasteiger partial charge in [0.25, 0.3) is 0 Å². The number of benzene rings is 1. The molecule has 1 aromatic carbocycles. The van der Waals surface area contributed by atoms with Gasteiger partial charge in [-0.2, -0.15) is 0 Å². The zero-order chi connectivity index (χ0) is 15.1. The molecule has 0 saturated carbocycles. The van der Waals surface area contributed by atoms with E-state index < -0.39 is 0 Å². The SMILES string of the molecule is CCCCCC(C)c1cccc(C(C)CN2CCCC2)c1.[Li+]. The van der Waals surface area contributed by atoms with E-state index in [9.17, 15) is 0 Å². The van der Waals surface area contributed by atoms with Crippen molar-refractivity contribution < 1.29 is 18.9 Å². The third-order valence-electron chi connectivity index (χ3n) is 5.02. The van der Waals surface area contributed by atoms with Gasteiger partial charge in [0.05, 0.1) is 0 Å². The molecular formula is C20H33LiN+. The summed E-state index contributed by atoms with van der Waals surface area (Å²) in [6, 6.07) is 9.38. The average Bonchev–Trinajstić information content (AvgIpc) is 3.00. The number of nitrogens with zero attached hydrogens (tertiary/aromatic N) is 1. The summed E-state index contributed by atoms with van der Waals surface area (Å²) in [4.78, 5) is 2.63. The van der Waals surface area contributed by atoms with Gasteiger partial charge in [-0.05, 0) is 55.3 Å². The molecule has 0 aliphatic carbocycles. The van der Waals surface area contributed by atoms with Gasteiger partial charge >= 0.3 is 18.9 Å². The molecule has 0 bridgehead atoms. The number of rotatable bonds is 8. The molecule has 0 spiro atoms. The number of unbranched alkanes of at least 4 members (excludes halogenated alkanes) is 2. The Morgan fingerprint density at radius 1 is 1.00 bits per heavy atom. The summed E-state index contributed by atoms with van der Waals surface area (Å²) in [5, 5.41) is 0. The summed E-state index contributed by atoms with van der Waals surface area (Å²) < 4.78 is 0. The zero-order valence-corrected chi connectivity index (χ0v) is 15.3. The van der Waals surface area contributed by atoms with Crippen molar-refractivity contribution in [1.29, 1.82) is 0 Å². The molecule has 1 fully saturated rings. The predicted molar refractivity (Wildman–Crippen MR) is 93.1 cm³/mol. The first-order valence-electron chi connectivity index (χ1n) is 9.03. The van der Waals surface area contributed by atoms with E-state index >= 15 is 0 Å². The van der Waals surface area contributed by atoms with E-state index in [1.54, 1.807) is 0 Å². The summed E-state index contributed by atoms with van der Waals surface area (Å²) in [7, 11) is 0. The smallest absolute Gasteiger partial charge is 0.303 e. The summed E-state index contributed by atoms with van der Waals surface area (Å²) >= 11 is 0. The van der Waals surface area contributed by atoms with Gasteiger partial charge in [-0.25, -0.2) is 0 Å². The maximum absolute atomic E-state index is 2.63. The monoisotopic (exact) mass is 294 g/mol. The van der Waals surface area contributed by atoms with E-state index in [4.69, 9.17) is 0 Å². The van der Waals surface area contributed by atoms with E-state index in [2.05, 4.69) is 49.9 Å². The van der Waals surface area contributed by atoms with Crippen LogP contribution in [0, 0.1) is 0 Å². The van der Waals surface area contributed by atoms with E-state index in [1.165, 1.54) is 69.3 Å². The fourth-order valence-corrected chi connectivity index (χ4v) is 3.50. The van der Waals surface area contributed by atoms with Gasteiger partial charge in [-0.15, -0.1) is 0 Å². The first-order valence-corrected chi connectivity index (χ1v) is 9.03. The Bertz CT molecular complexity index is 412. The molecule has 0 N–H and O–H groups in total. The van der Waals surface area contributed by atoms with Crippen molar-refractivity contribution in [2.75, 3.05) is 19.6 Å². The molecule has 2 unspecified atom stereocenters. The second kappa shape index (κ2) is 10.5. The Kier molecular flexibility index (Phi) is 9.49. The standard InChI is InChI=1S/C20H33N.Li/c1-4-5-6-10-17(2)19-11-9-12-20(15-19)18(3)16-21-13-7-8-14-21;/h9,11-12,15,17-18H,4-8,10,13-14,16H2,1-3H3;/q;+1. The van der Waals surface area contributed by atoms with Crippen molar-refractivity contribution in [2.45, 2.75) is 71.1 Å². The first kappa shape index (κ1) is 19.8. The Balaban J connectivity index is 0.00000242. The molecular weight excluding hydrogens is 261 g/mol. The van der Waals surface area contributed by atoms with Crippen LogP contribution in [0.4, 0.5) is 0 Å². The van der Waals surface area contributed by atoms with Gasteiger partial charge in [0, 0.05) is 6.54 Å². The van der Waals surface area contributed by atoms with Gasteiger partial charge < -0.3 is 4.90 Å². The maximum Gasteiger partial charge on any atom is 1.00 e. The predicted octanol–water partition coefficient (Wildman–Crippen LogP) is 2.57. The Hall–Kier alpha value is -0.223. The van der Waals surface area contributed by atoms with E-state index in [0.29, 0.717) is 11.8 Å². The third-order valence-corrected chi connectivity index (χ3v) is 5.02. The number of hydrogen-bond donors (Lipinski definition) is 0. The Morgan fingerprint density at radius 2 is 1.64 bits per heavy atom. The number of hydrogen-bond acceptors (Lipinski definition) is 1. The second-order valence-electron chi connectivity index (χ2n) is 6.98. The van der Waals surface area contributed by atoms with Crippen molar-refractivity contribution in [3.8, 4) is 0 Å². The molecule has 1 aromatic rings. The van der Waals surface area contributed by atoms with Crippen LogP contribution >= 0.6 is 0 Å². The molecule has 2 atom stereocenters. The van der Waals surface area contributed by atoms with Crippen molar-refractivity contribution in [2.24, 2.45) is 0 Å². The average molecular weight is 294 g/mol. The maximum atomic E-state index is 2.63. The van der Waals surface area contributed by atoms with Gasteiger partial charge in [-0.3, -0.25) is 0 Å².